The van der Waals surface area contributed by atoms with Gasteiger partial charge in [-0.1, -0.05) is 25.0 Å². The Kier molecular flexibility index (Phi) is 6.48. The minimum Gasteiger partial charge on any atom is -0.497 e. The molecule has 1 saturated carbocycles. The number of hydrogen-bond acceptors (Lipinski definition) is 6. The molecule has 8 heteroatoms. The molecule has 8 nitrogen and oxygen atoms in total. The lowest BCUT2D eigenvalue weighted by atomic mass is 9.75. The number of ether oxygens (including phenoxy) is 3. The number of carbonyl (C=O) groups is 1. The third-order valence-corrected chi connectivity index (χ3v) is 6.41. The first-order valence-corrected chi connectivity index (χ1v) is 11.0. The highest BCUT2D eigenvalue weighted by atomic mass is 16.5. The average molecular weight is 440 g/mol. The highest BCUT2D eigenvalue weighted by Crippen LogP contribution is 2.38. The molecule has 0 bridgehead atoms. The molecule has 3 aromatic rings. The predicted molar refractivity (Wildman–Crippen MR) is 120 cm³/mol. The van der Waals surface area contributed by atoms with Crippen LogP contribution in [-0.4, -0.2) is 34.7 Å². The maximum Gasteiger partial charge on any atom is 0.327 e. The number of imidazole rings is 1. The first-order valence-electron chi connectivity index (χ1n) is 11.0. The van der Waals surface area contributed by atoms with Crippen LogP contribution in [0.15, 0.2) is 41.2 Å². The number of nitrogens with one attached hydrogen (secondary N) is 1. The van der Waals surface area contributed by atoms with Crippen LogP contribution in [0.2, 0.25) is 0 Å². The van der Waals surface area contributed by atoms with Gasteiger partial charge in [-0.3, -0.25) is 9.36 Å². The van der Waals surface area contributed by atoms with E-state index >= 15 is 0 Å². The first-order chi connectivity index (χ1) is 15.5. The van der Waals surface area contributed by atoms with Gasteiger partial charge in [0.2, 0.25) is 5.88 Å². The second-order valence-electron chi connectivity index (χ2n) is 8.28. The van der Waals surface area contributed by atoms with E-state index in [0.717, 1.165) is 37.0 Å². The van der Waals surface area contributed by atoms with Gasteiger partial charge in [0, 0.05) is 12.1 Å². The quantitative estimate of drug-likeness (QED) is 0.562. The number of rotatable bonds is 7. The number of nitrogens with zero attached hydrogens (tertiary/aromatic N) is 2. The molecule has 1 aliphatic rings. The lowest BCUT2D eigenvalue weighted by molar-refractivity contribution is -0.149. The minimum absolute atomic E-state index is 0.0102. The van der Waals surface area contributed by atoms with Gasteiger partial charge in [-0.05, 0) is 49.4 Å². The SMILES string of the molecule is COC(=O)C1CCCCC1C(C)n1c(=O)[nH]c2ccc(OCc3cccc(OC)c3)nc21. The van der Waals surface area contributed by atoms with E-state index in [1.54, 1.807) is 23.8 Å². The summed E-state index contributed by atoms with van der Waals surface area (Å²) < 4.78 is 17.8. The van der Waals surface area contributed by atoms with Crippen molar-refractivity contribution >= 4 is 17.1 Å². The molecule has 4 rings (SSSR count). The van der Waals surface area contributed by atoms with Crippen molar-refractivity contribution in [2.24, 2.45) is 11.8 Å². The molecule has 0 radical (unpaired) electrons. The summed E-state index contributed by atoms with van der Waals surface area (Å²) in [4.78, 5) is 32.7. The number of fused-ring (bicyclic) bond motifs is 1. The topological polar surface area (TPSA) is 95.4 Å². The van der Waals surface area contributed by atoms with Gasteiger partial charge in [0.25, 0.3) is 0 Å². The average Bonchev–Trinajstić information content (AvgIpc) is 3.16. The molecule has 0 aliphatic heterocycles. The van der Waals surface area contributed by atoms with E-state index in [4.69, 9.17) is 14.2 Å². The summed E-state index contributed by atoms with van der Waals surface area (Å²) in [6.07, 6.45) is 3.67. The van der Waals surface area contributed by atoms with Gasteiger partial charge < -0.3 is 19.2 Å². The van der Waals surface area contributed by atoms with Gasteiger partial charge >= 0.3 is 11.7 Å². The molecule has 1 fully saturated rings. The van der Waals surface area contributed by atoms with E-state index < -0.39 is 0 Å². The number of carbonyl (C=O) groups excluding carboxylic acids is 1. The van der Waals surface area contributed by atoms with E-state index in [1.165, 1.54) is 7.11 Å². The third-order valence-electron chi connectivity index (χ3n) is 6.41. The summed E-state index contributed by atoms with van der Waals surface area (Å²) in [6, 6.07) is 11.0. The van der Waals surface area contributed by atoms with Crippen molar-refractivity contribution in [3.8, 4) is 11.6 Å². The van der Waals surface area contributed by atoms with Gasteiger partial charge in [-0.25, -0.2) is 4.79 Å². The summed E-state index contributed by atoms with van der Waals surface area (Å²) in [5.41, 5.74) is 1.88. The second kappa shape index (κ2) is 9.46. The monoisotopic (exact) mass is 439 g/mol. The van der Waals surface area contributed by atoms with Crippen LogP contribution < -0.4 is 15.2 Å². The van der Waals surface area contributed by atoms with E-state index in [2.05, 4.69) is 9.97 Å². The fourth-order valence-electron chi connectivity index (χ4n) is 4.73. The lowest BCUT2D eigenvalue weighted by Crippen LogP contribution is -2.36. The van der Waals surface area contributed by atoms with Gasteiger partial charge in [-0.2, -0.15) is 4.98 Å². The van der Waals surface area contributed by atoms with Crippen LogP contribution in [0.1, 0.15) is 44.2 Å². The number of esters is 1. The zero-order valence-electron chi connectivity index (χ0n) is 18.7. The summed E-state index contributed by atoms with van der Waals surface area (Å²) in [7, 11) is 3.04. The van der Waals surface area contributed by atoms with Gasteiger partial charge in [0.1, 0.15) is 12.4 Å². The molecule has 3 atom stereocenters. The zero-order valence-corrected chi connectivity index (χ0v) is 18.7. The largest absolute Gasteiger partial charge is 0.497 e. The number of aromatic amines is 1. The Morgan fingerprint density at radius 2 is 2.03 bits per heavy atom. The highest BCUT2D eigenvalue weighted by Gasteiger charge is 2.37. The number of hydrogen-bond donors (Lipinski definition) is 1. The lowest BCUT2D eigenvalue weighted by Gasteiger charge is -2.34. The predicted octanol–water partition coefficient (Wildman–Crippen LogP) is 3.85. The fourth-order valence-corrected chi connectivity index (χ4v) is 4.73. The molecule has 0 spiro atoms. The summed E-state index contributed by atoms with van der Waals surface area (Å²) >= 11 is 0. The fraction of sp³-hybridized carbons (Fsp3) is 0.458. The van der Waals surface area contributed by atoms with Crippen molar-refractivity contribution in [2.75, 3.05) is 14.2 Å². The van der Waals surface area contributed by atoms with Crippen LogP contribution in [-0.2, 0) is 16.1 Å². The number of aromatic nitrogens is 3. The van der Waals surface area contributed by atoms with E-state index in [9.17, 15) is 9.59 Å². The number of benzene rings is 1. The Balaban J connectivity index is 1.61. The van der Waals surface area contributed by atoms with Gasteiger partial charge in [0.15, 0.2) is 5.65 Å². The Morgan fingerprint density at radius 1 is 1.22 bits per heavy atom. The summed E-state index contributed by atoms with van der Waals surface area (Å²) in [6.45, 7) is 2.30. The Morgan fingerprint density at radius 3 is 2.81 bits per heavy atom. The number of pyridine rings is 1. The minimum atomic E-state index is -0.237. The molecule has 3 unspecified atom stereocenters. The standard InChI is InChI=1S/C24H29N3O5/c1-15(18-9-4-5-10-19(18)23(28)31-3)27-22-20(25-24(27)29)11-12-21(26-22)32-14-16-7-6-8-17(13-16)30-2/h6-8,11-13,15,18-19H,4-5,9-10,14H2,1-3H3,(H,25,29). The smallest absolute Gasteiger partial charge is 0.327 e. The van der Waals surface area contributed by atoms with Crippen molar-refractivity contribution in [3.05, 3.63) is 52.4 Å². The third kappa shape index (κ3) is 4.35. The van der Waals surface area contributed by atoms with Gasteiger partial charge in [-0.15, -0.1) is 0 Å². The van der Waals surface area contributed by atoms with Crippen LogP contribution in [0.5, 0.6) is 11.6 Å². The first kappa shape index (κ1) is 21.9. The zero-order chi connectivity index (χ0) is 22.7. The van der Waals surface area contributed by atoms with Crippen LogP contribution >= 0.6 is 0 Å². The second-order valence-corrected chi connectivity index (χ2v) is 8.28. The molecule has 1 aliphatic carbocycles. The number of methoxy groups -OCH3 is 2. The Bertz CT molecular complexity index is 1150. The molecule has 32 heavy (non-hydrogen) atoms. The summed E-state index contributed by atoms with van der Waals surface area (Å²) in [5.74, 6) is 0.776. The molecule has 0 amide bonds. The maximum atomic E-state index is 12.8. The molecule has 170 valence electrons. The molecule has 1 N–H and O–H groups in total. The molecular weight excluding hydrogens is 410 g/mol. The molecule has 1 aromatic carbocycles. The molecule has 2 heterocycles. The highest BCUT2D eigenvalue weighted by molar-refractivity contribution is 5.73. The van der Waals surface area contributed by atoms with Gasteiger partial charge in [0.05, 0.1) is 25.7 Å². The van der Waals surface area contributed by atoms with E-state index in [-0.39, 0.29) is 29.5 Å². The van der Waals surface area contributed by atoms with Crippen molar-refractivity contribution < 1.29 is 19.0 Å². The van der Waals surface area contributed by atoms with Crippen LogP contribution in [0.25, 0.3) is 11.2 Å². The Labute approximate surface area is 186 Å². The summed E-state index contributed by atoms with van der Waals surface area (Å²) in [5, 5.41) is 0. The van der Waals surface area contributed by atoms with E-state index in [1.807, 2.05) is 31.2 Å². The van der Waals surface area contributed by atoms with Crippen molar-refractivity contribution in [3.63, 3.8) is 0 Å². The van der Waals surface area contributed by atoms with Crippen molar-refractivity contribution in [1.29, 1.82) is 0 Å². The maximum absolute atomic E-state index is 12.8. The van der Waals surface area contributed by atoms with Crippen molar-refractivity contribution in [1.82, 2.24) is 14.5 Å². The van der Waals surface area contributed by atoms with Crippen LogP contribution in [0, 0.1) is 11.8 Å². The van der Waals surface area contributed by atoms with Crippen molar-refractivity contribution in [2.45, 2.75) is 45.3 Å². The Hall–Kier alpha value is -3.29. The number of H-pyrrole nitrogens is 1. The molecule has 0 saturated heterocycles. The van der Waals surface area contributed by atoms with Crippen LogP contribution in [0.3, 0.4) is 0 Å². The van der Waals surface area contributed by atoms with Crippen LogP contribution in [0.4, 0.5) is 0 Å². The van der Waals surface area contributed by atoms with E-state index in [0.29, 0.717) is 23.7 Å². The normalized spacial score (nSPS) is 19.5. The molecular formula is C24H29N3O5. The molecule has 2 aromatic heterocycles.